The zero-order valence-electron chi connectivity index (χ0n) is 13.8. The van der Waals surface area contributed by atoms with Gasteiger partial charge in [-0.3, -0.25) is 9.59 Å². The van der Waals surface area contributed by atoms with E-state index in [0.29, 0.717) is 12.8 Å². The summed E-state index contributed by atoms with van der Waals surface area (Å²) in [5.41, 5.74) is 0.893. The van der Waals surface area contributed by atoms with Crippen molar-refractivity contribution >= 4 is 29.3 Å². The molecule has 0 spiro atoms. The number of aliphatic carboxylic acids is 1. The van der Waals surface area contributed by atoms with E-state index in [4.69, 9.17) is 5.11 Å². The highest BCUT2D eigenvalue weighted by Gasteiger charge is 2.07. The van der Waals surface area contributed by atoms with Gasteiger partial charge in [0.15, 0.2) is 0 Å². The van der Waals surface area contributed by atoms with E-state index in [-0.39, 0.29) is 12.3 Å². The molecular weight excluding hydrogens is 310 g/mol. The molecule has 0 saturated carbocycles. The van der Waals surface area contributed by atoms with Gasteiger partial charge in [-0.2, -0.15) is 0 Å². The normalized spacial score (nSPS) is 10.5. The molecule has 4 nitrogen and oxygen atoms in total. The Balaban J connectivity index is 2.29. The number of carboxylic acid groups (broad SMARTS) is 1. The number of hydrogen-bond donors (Lipinski definition) is 2. The Hall–Kier alpha value is -1.49. The van der Waals surface area contributed by atoms with Crippen LogP contribution in [0.3, 0.4) is 0 Å². The number of amides is 1. The van der Waals surface area contributed by atoms with Crippen LogP contribution in [0, 0.1) is 0 Å². The molecule has 128 valence electrons. The molecule has 0 bridgehead atoms. The quantitative estimate of drug-likeness (QED) is 0.419. The van der Waals surface area contributed by atoms with Crippen LogP contribution in [0.25, 0.3) is 0 Å². The number of carboxylic acids is 1. The number of thioether (sulfide) groups is 1. The lowest BCUT2D eigenvalue weighted by Gasteiger charge is -2.10. The lowest BCUT2D eigenvalue weighted by Crippen LogP contribution is -2.11. The average Bonchev–Trinajstić information content (AvgIpc) is 2.52. The molecule has 2 N–H and O–H groups in total. The van der Waals surface area contributed by atoms with Crippen LogP contribution in [-0.2, 0) is 9.59 Å². The molecule has 0 unspecified atom stereocenters. The van der Waals surface area contributed by atoms with Gasteiger partial charge >= 0.3 is 5.97 Å². The molecule has 1 rings (SSSR count). The third-order valence-electron chi connectivity index (χ3n) is 3.46. The second kappa shape index (κ2) is 12.0. The number of unbranched alkanes of at least 4 members (excludes halogenated alkanes) is 4. The number of nitrogens with one attached hydrogen (secondary N) is 1. The van der Waals surface area contributed by atoms with Crippen LogP contribution in [0.15, 0.2) is 29.2 Å². The van der Waals surface area contributed by atoms with E-state index < -0.39 is 5.97 Å². The zero-order valence-corrected chi connectivity index (χ0v) is 14.7. The molecule has 0 radical (unpaired) electrons. The fourth-order valence-corrected chi connectivity index (χ4v) is 3.25. The van der Waals surface area contributed by atoms with E-state index in [2.05, 4.69) is 12.2 Å². The largest absolute Gasteiger partial charge is 0.481 e. The number of carbonyl (C=O) groups is 2. The van der Waals surface area contributed by atoms with Crippen LogP contribution in [0.2, 0.25) is 0 Å². The van der Waals surface area contributed by atoms with Crippen LogP contribution in [0.5, 0.6) is 0 Å². The van der Waals surface area contributed by atoms with Crippen LogP contribution >= 0.6 is 11.8 Å². The summed E-state index contributed by atoms with van der Waals surface area (Å²) in [4.78, 5) is 23.5. The summed E-state index contributed by atoms with van der Waals surface area (Å²) < 4.78 is 0. The van der Waals surface area contributed by atoms with Crippen molar-refractivity contribution in [2.75, 3.05) is 11.1 Å². The van der Waals surface area contributed by atoms with Gasteiger partial charge in [-0.1, -0.05) is 38.3 Å². The van der Waals surface area contributed by atoms with E-state index >= 15 is 0 Å². The first-order valence-corrected chi connectivity index (χ1v) is 9.35. The number of carbonyl (C=O) groups excluding carboxylic acids is 1. The summed E-state index contributed by atoms with van der Waals surface area (Å²) in [7, 11) is 0. The standard InChI is InChI=1S/C18H27NO3S/c1-2-3-14-23-16-11-9-8-10-15(16)19-17(20)12-6-4-5-7-13-18(21)22/h8-11H,2-7,12-14H2,1H3,(H,19,20)(H,21,22). The summed E-state index contributed by atoms with van der Waals surface area (Å²) in [5.74, 6) is 0.346. The minimum Gasteiger partial charge on any atom is -0.481 e. The van der Waals surface area contributed by atoms with Gasteiger partial charge in [0.2, 0.25) is 5.91 Å². The van der Waals surface area contributed by atoms with Crippen molar-refractivity contribution in [1.82, 2.24) is 0 Å². The molecular formula is C18H27NO3S. The number of benzene rings is 1. The Bertz CT molecular complexity index is 491. The highest BCUT2D eigenvalue weighted by molar-refractivity contribution is 7.99. The van der Waals surface area contributed by atoms with Gasteiger partial charge in [0, 0.05) is 17.7 Å². The highest BCUT2D eigenvalue weighted by atomic mass is 32.2. The highest BCUT2D eigenvalue weighted by Crippen LogP contribution is 2.27. The van der Waals surface area contributed by atoms with Crippen molar-refractivity contribution in [2.24, 2.45) is 0 Å². The summed E-state index contributed by atoms with van der Waals surface area (Å²) in [6.45, 7) is 2.17. The minimum atomic E-state index is -0.750. The van der Waals surface area contributed by atoms with Crippen molar-refractivity contribution in [3.05, 3.63) is 24.3 Å². The van der Waals surface area contributed by atoms with Gasteiger partial charge in [-0.15, -0.1) is 11.8 Å². The van der Waals surface area contributed by atoms with Crippen molar-refractivity contribution in [1.29, 1.82) is 0 Å². The number of rotatable bonds is 12. The van der Waals surface area contributed by atoms with Crippen LogP contribution < -0.4 is 5.32 Å². The predicted octanol–water partition coefficient (Wildman–Crippen LogP) is 4.94. The smallest absolute Gasteiger partial charge is 0.303 e. The van der Waals surface area contributed by atoms with Gasteiger partial charge in [-0.05, 0) is 37.1 Å². The Morgan fingerprint density at radius 3 is 2.43 bits per heavy atom. The number of anilines is 1. The summed E-state index contributed by atoms with van der Waals surface area (Å²) in [5, 5.41) is 11.6. The van der Waals surface area contributed by atoms with Crippen molar-refractivity contribution in [2.45, 2.75) is 63.2 Å². The van der Waals surface area contributed by atoms with Gasteiger partial charge in [0.25, 0.3) is 0 Å². The molecule has 0 heterocycles. The summed E-state index contributed by atoms with van der Waals surface area (Å²) in [6, 6.07) is 7.92. The van der Waals surface area contributed by atoms with Crippen LogP contribution in [0.1, 0.15) is 58.3 Å². The maximum Gasteiger partial charge on any atom is 0.303 e. The lowest BCUT2D eigenvalue weighted by atomic mass is 10.1. The molecule has 0 fully saturated rings. The molecule has 0 aliphatic carbocycles. The molecule has 0 atom stereocenters. The van der Waals surface area contributed by atoms with E-state index in [1.165, 1.54) is 12.8 Å². The second-order valence-corrected chi connectivity index (χ2v) is 6.69. The van der Waals surface area contributed by atoms with E-state index in [9.17, 15) is 9.59 Å². The molecule has 0 saturated heterocycles. The predicted molar refractivity (Wildman–Crippen MR) is 96.0 cm³/mol. The monoisotopic (exact) mass is 337 g/mol. The zero-order chi connectivity index (χ0) is 16.9. The summed E-state index contributed by atoms with van der Waals surface area (Å²) >= 11 is 1.78. The van der Waals surface area contributed by atoms with Crippen molar-refractivity contribution < 1.29 is 14.7 Å². The minimum absolute atomic E-state index is 0.0341. The molecule has 0 aromatic heterocycles. The third-order valence-corrected chi connectivity index (χ3v) is 4.62. The first-order valence-electron chi connectivity index (χ1n) is 8.37. The van der Waals surface area contributed by atoms with Gasteiger partial charge in [0.05, 0.1) is 5.69 Å². The molecule has 0 aliphatic heterocycles. The second-order valence-electron chi connectivity index (χ2n) is 5.55. The Kier molecular flexibility index (Phi) is 10.2. The molecule has 1 aromatic carbocycles. The van der Waals surface area contributed by atoms with Crippen LogP contribution in [0.4, 0.5) is 5.69 Å². The van der Waals surface area contributed by atoms with Gasteiger partial charge in [-0.25, -0.2) is 0 Å². The van der Waals surface area contributed by atoms with Gasteiger partial charge < -0.3 is 10.4 Å². The van der Waals surface area contributed by atoms with E-state index in [1.807, 2.05) is 24.3 Å². The fraction of sp³-hybridized carbons (Fsp3) is 0.556. The maximum absolute atomic E-state index is 12.0. The van der Waals surface area contributed by atoms with Crippen LogP contribution in [-0.4, -0.2) is 22.7 Å². The molecule has 23 heavy (non-hydrogen) atoms. The number of hydrogen-bond acceptors (Lipinski definition) is 3. The van der Waals surface area contributed by atoms with E-state index in [1.54, 1.807) is 11.8 Å². The Morgan fingerprint density at radius 2 is 1.74 bits per heavy atom. The first-order chi connectivity index (χ1) is 11.1. The Labute approximate surface area is 143 Å². The SMILES string of the molecule is CCCCSc1ccccc1NC(=O)CCCCCCC(=O)O. The van der Waals surface area contributed by atoms with Crippen molar-refractivity contribution in [3.63, 3.8) is 0 Å². The lowest BCUT2D eigenvalue weighted by molar-refractivity contribution is -0.137. The number of para-hydroxylation sites is 1. The summed E-state index contributed by atoms with van der Waals surface area (Å²) in [6.07, 6.45) is 6.30. The maximum atomic E-state index is 12.0. The molecule has 1 aromatic rings. The molecule has 5 heteroatoms. The topological polar surface area (TPSA) is 66.4 Å². The van der Waals surface area contributed by atoms with E-state index in [0.717, 1.165) is 35.6 Å². The van der Waals surface area contributed by atoms with Crippen molar-refractivity contribution in [3.8, 4) is 0 Å². The fourth-order valence-electron chi connectivity index (χ4n) is 2.15. The molecule has 1 amide bonds. The van der Waals surface area contributed by atoms with Gasteiger partial charge in [0.1, 0.15) is 0 Å². The average molecular weight is 337 g/mol. The molecule has 0 aliphatic rings. The first kappa shape index (κ1) is 19.6. The third kappa shape index (κ3) is 9.29. The Morgan fingerprint density at radius 1 is 1.04 bits per heavy atom.